The number of aromatic nitrogens is 1. The summed E-state index contributed by atoms with van der Waals surface area (Å²) in [6.45, 7) is 8.95. The van der Waals surface area contributed by atoms with E-state index in [2.05, 4.69) is 25.8 Å². The summed E-state index contributed by atoms with van der Waals surface area (Å²) in [5.74, 6) is -0.988. The Morgan fingerprint density at radius 1 is 1.03 bits per heavy atom. The zero-order chi connectivity index (χ0) is 25.2. The largest absolute Gasteiger partial charge is 0.507 e. The van der Waals surface area contributed by atoms with Gasteiger partial charge in [0, 0.05) is 24.5 Å². The summed E-state index contributed by atoms with van der Waals surface area (Å²) in [6, 6.07) is 17.7. The maximum atomic E-state index is 13.3. The van der Waals surface area contributed by atoms with Crippen LogP contribution in [-0.4, -0.2) is 33.3 Å². The molecule has 0 spiro atoms. The number of rotatable bonds is 6. The summed E-state index contributed by atoms with van der Waals surface area (Å²) in [5.41, 5.74) is 3.19. The van der Waals surface area contributed by atoms with E-state index in [0.717, 1.165) is 16.7 Å². The number of nitrogens with zero attached hydrogens (tertiary/aromatic N) is 2. The van der Waals surface area contributed by atoms with Crippen LogP contribution in [0.4, 0.5) is 0 Å². The Morgan fingerprint density at radius 3 is 2.34 bits per heavy atom. The van der Waals surface area contributed by atoms with Crippen molar-refractivity contribution >= 4 is 17.4 Å². The van der Waals surface area contributed by atoms with Crippen molar-refractivity contribution in [2.45, 2.75) is 45.7 Å². The normalized spacial score (nSPS) is 17.6. The topological polar surface area (TPSA) is 79.7 Å². The minimum absolute atomic E-state index is 0.0445. The quantitative estimate of drug-likeness (QED) is 0.296. The summed E-state index contributed by atoms with van der Waals surface area (Å²) in [7, 11) is 0. The van der Waals surface area contributed by atoms with Gasteiger partial charge in [0.15, 0.2) is 0 Å². The number of likely N-dealkylation sites (tertiary alicyclic amines) is 1. The number of amides is 1. The molecule has 0 bridgehead atoms. The van der Waals surface area contributed by atoms with Crippen LogP contribution in [0.2, 0.25) is 0 Å². The third-order valence-corrected chi connectivity index (χ3v) is 6.15. The molecule has 35 heavy (non-hydrogen) atoms. The van der Waals surface area contributed by atoms with Crippen molar-refractivity contribution in [3.63, 3.8) is 0 Å². The van der Waals surface area contributed by atoms with Gasteiger partial charge in [0.25, 0.3) is 11.7 Å². The fraction of sp³-hybridized carbons (Fsp3) is 0.276. The summed E-state index contributed by atoms with van der Waals surface area (Å²) in [4.78, 5) is 32.1. The fourth-order valence-corrected chi connectivity index (χ4v) is 4.30. The second-order valence-electron chi connectivity index (χ2n) is 9.62. The molecular formula is C29H30N2O4. The van der Waals surface area contributed by atoms with Crippen molar-refractivity contribution in [3.05, 3.63) is 101 Å². The van der Waals surface area contributed by atoms with Crippen molar-refractivity contribution in [1.82, 2.24) is 9.88 Å². The zero-order valence-corrected chi connectivity index (χ0v) is 20.5. The third kappa shape index (κ3) is 4.97. The van der Waals surface area contributed by atoms with Crippen molar-refractivity contribution < 1.29 is 19.4 Å². The summed E-state index contributed by atoms with van der Waals surface area (Å²) in [5, 5.41) is 11.3. The van der Waals surface area contributed by atoms with Crippen LogP contribution in [0.25, 0.3) is 5.76 Å². The van der Waals surface area contributed by atoms with E-state index in [0.29, 0.717) is 17.9 Å². The maximum absolute atomic E-state index is 13.3. The molecule has 1 N–H and O–H groups in total. The number of hydrogen-bond acceptors (Lipinski definition) is 5. The second kappa shape index (κ2) is 9.74. The Hall–Kier alpha value is -3.93. The van der Waals surface area contributed by atoms with Gasteiger partial charge in [0.2, 0.25) is 0 Å². The predicted molar refractivity (Wildman–Crippen MR) is 135 cm³/mol. The average Bonchev–Trinajstić information content (AvgIpc) is 3.09. The number of carbonyl (C=O) groups excluding carboxylic acids is 2. The number of carbonyl (C=O) groups is 2. The van der Waals surface area contributed by atoms with Gasteiger partial charge in [0.1, 0.15) is 11.5 Å². The van der Waals surface area contributed by atoms with Gasteiger partial charge in [-0.15, -0.1) is 0 Å². The van der Waals surface area contributed by atoms with Crippen molar-refractivity contribution in [2.24, 2.45) is 0 Å². The molecule has 1 aliphatic heterocycles. The van der Waals surface area contributed by atoms with Crippen LogP contribution < -0.4 is 4.74 Å². The van der Waals surface area contributed by atoms with Crippen molar-refractivity contribution in [3.8, 4) is 5.75 Å². The van der Waals surface area contributed by atoms with Crippen LogP contribution in [0.15, 0.2) is 78.6 Å². The monoisotopic (exact) mass is 470 g/mol. The summed E-state index contributed by atoms with van der Waals surface area (Å²) in [6.07, 6.45) is 3.30. The fourth-order valence-electron chi connectivity index (χ4n) is 4.30. The lowest BCUT2D eigenvalue weighted by atomic mass is 9.85. The van der Waals surface area contributed by atoms with Gasteiger partial charge >= 0.3 is 0 Å². The number of Topliss-reactive ketones (excluding diaryl/α,β-unsaturated/α-hetero) is 1. The molecule has 2 heterocycles. The molecule has 1 aromatic heterocycles. The highest BCUT2D eigenvalue weighted by Crippen LogP contribution is 2.41. The first-order valence-corrected chi connectivity index (χ1v) is 11.7. The molecule has 180 valence electrons. The average molecular weight is 471 g/mol. The Kier molecular flexibility index (Phi) is 6.74. The van der Waals surface area contributed by atoms with Crippen LogP contribution in [0.3, 0.4) is 0 Å². The van der Waals surface area contributed by atoms with E-state index >= 15 is 0 Å². The first kappa shape index (κ1) is 24.2. The van der Waals surface area contributed by atoms with E-state index < -0.39 is 17.7 Å². The highest BCUT2D eigenvalue weighted by Gasteiger charge is 2.46. The Balaban J connectivity index is 1.85. The number of aliphatic hydroxyl groups is 1. The number of benzene rings is 2. The molecule has 3 aromatic rings. The lowest BCUT2D eigenvalue weighted by Gasteiger charge is -2.26. The lowest BCUT2D eigenvalue weighted by Crippen LogP contribution is -2.29. The van der Waals surface area contributed by atoms with Crippen LogP contribution >= 0.6 is 0 Å². The second-order valence-corrected chi connectivity index (χ2v) is 9.62. The number of pyridine rings is 1. The highest BCUT2D eigenvalue weighted by molar-refractivity contribution is 6.46. The standard InChI is InChI=1S/C29H30N2O4/c1-5-35-23-8-6-7-21(17-23)26(32)24-25(20-9-11-22(12-10-20)29(2,3)4)31(28(34)27(24)33)18-19-13-15-30-16-14-19/h6-17,25,32H,5,18H2,1-4H3/b26-24+. The number of hydrogen-bond donors (Lipinski definition) is 1. The van der Waals surface area contributed by atoms with Gasteiger partial charge in [-0.2, -0.15) is 0 Å². The van der Waals surface area contributed by atoms with Gasteiger partial charge in [-0.1, -0.05) is 57.2 Å². The first-order chi connectivity index (χ1) is 16.7. The molecule has 2 aromatic carbocycles. The minimum Gasteiger partial charge on any atom is -0.507 e. The van der Waals surface area contributed by atoms with E-state index in [9.17, 15) is 14.7 Å². The molecular weight excluding hydrogens is 440 g/mol. The van der Waals surface area contributed by atoms with Gasteiger partial charge in [-0.3, -0.25) is 14.6 Å². The molecule has 0 radical (unpaired) electrons. The van der Waals surface area contributed by atoms with E-state index in [1.807, 2.05) is 43.3 Å². The number of aliphatic hydroxyl groups excluding tert-OH is 1. The number of ether oxygens (including phenoxy) is 1. The SMILES string of the molecule is CCOc1cccc(/C(O)=C2\C(=O)C(=O)N(Cc3ccncc3)C2c2ccc(C(C)(C)C)cc2)c1. The van der Waals surface area contributed by atoms with Gasteiger partial charge in [-0.25, -0.2) is 0 Å². The smallest absolute Gasteiger partial charge is 0.295 e. The summed E-state index contributed by atoms with van der Waals surface area (Å²) < 4.78 is 5.56. The van der Waals surface area contributed by atoms with Gasteiger partial charge in [0.05, 0.1) is 18.2 Å². The van der Waals surface area contributed by atoms with E-state index in [1.165, 1.54) is 4.90 Å². The van der Waals surface area contributed by atoms with Crippen LogP contribution in [-0.2, 0) is 21.5 Å². The van der Waals surface area contributed by atoms with E-state index in [1.54, 1.807) is 36.7 Å². The molecule has 0 aliphatic carbocycles. The van der Waals surface area contributed by atoms with Crippen LogP contribution in [0.1, 0.15) is 56.0 Å². The molecule has 1 fully saturated rings. The van der Waals surface area contributed by atoms with Crippen LogP contribution in [0, 0.1) is 0 Å². The molecule has 1 unspecified atom stereocenters. The molecule has 1 atom stereocenters. The highest BCUT2D eigenvalue weighted by atomic mass is 16.5. The maximum Gasteiger partial charge on any atom is 0.295 e. The molecule has 6 nitrogen and oxygen atoms in total. The third-order valence-electron chi connectivity index (χ3n) is 6.15. The molecule has 6 heteroatoms. The first-order valence-electron chi connectivity index (χ1n) is 11.7. The minimum atomic E-state index is -0.729. The van der Waals surface area contributed by atoms with Crippen LogP contribution in [0.5, 0.6) is 5.75 Å². The molecule has 4 rings (SSSR count). The molecule has 1 aliphatic rings. The Morgan fingerprint density at radius 2 is 1.71 bits per heavy atom. The van der Waals surface area contributed by atoms with Crippen molar-refractivity contribution in [2.75, 3.05) is 6.61 Å². The molecule has 1 amide bonds. The lowest BCUT2D eigenvalue weighted by molar-refractivity contribution is -0.140. The predicted octanol–water partition coefficient (Wildman–Crippen LogP) is 5.40. The molecule has 1 saturated heterocycles. The number of ketones is 1. The molecule has 0 saturated carbocycles. The van der Waals surface area contributed by atoms with Crippen molar-refractivity contribution in [1.29, 1.82) is 0 Å². The Bertz CT molecular complexity index is 1260. The van der Waals surface area contributed by atoms with E-state index in [-0.39, 0.29) is 23.3 Å². The van der Waals surface area contributed by atoms with E-state index in [4.69, 9.17) is 4.74 Å². The van der Waals surface area contributed by atoms with Gasteiger partial charge in [-0.05, 0) is 53.3 Å². The zero-order valence-electron chi connectivity index (χ0n) is 20.5. The van der Waals surface area contributed by atoms with Gasteiger partial charge < -0.3 is 14.7 Å². The Labute approximate surface area is 205 Å². The summed E-state index contributed by atoms with van der Waals surface area (Å²) >= 11 is 0.